The van der Waals surface area contributed by atoms with Crippen LogP contribution in [0.1, 0.15) is 0 Å². The van der Waals surface area contributed by atoms with Crippen molar-refractivity contribution in [3.05, 3.63) is 127 Å². The first-order chi connectivity index (χ1) is 19.8. The molecule has 0 unspecified atom stereocenters. The Morgan fingerprint density at radius 2 is 1.23 bits per heavy atom. The molecule has 0 aliphatic carbocycles. The second kappa shape index (κ2) is 8.22. The van der Waals surface area contributed by atoms with E-state index in [4.69, 9.17) is 9.97 Å². The van der Waals surface area contributed by atoms with E-state index < -0.39 is 0 Å². The highest BCUT2D eigenvalue weighted by Crippen LogP contribution is 2.41. The van der Waals surface area contributed by atoms with Gasteiger partial charge in [-0.3, -0.25) is 4.57 Å². The van der Waals surface area contributed by atoms with Gasteiger partial charge in [0.2, 0.25) is 5.95 Å². The lowest BCUT2D eigenvalue weighted by Crippen LogP contribution is -2.03. The molecule has 4 heteroatoms. The number of thiophene rings is 1. The number of para-hydroxylation sites is 1. The maximum Gasteiger partial charge on any atom is 0.235 e. The van der Waals surface area contributed by atoms with Crippen molar-refractivity contribution >= 4 is 75.0 Å². The lowest BCUT2D eigenvalue weighted by atomic mass is 10.0. The standard InChI is InChI=1S/C36H21N3S/c1-2-11-24-21-25(18-17-22(24)9-1)32-35-33(29-14-6-8-16-31(29)40-35)38-36(37-32)39-30-15-7-5-13-27(30)28-20-19-23-10-3-4-12-26(23)34(28)39/h1-21H. The number of benzene rings is 6. The molecule has 9 aromatic rings. The molecule has 0 radical (unpaired) electrons. The zero-order valence-electron chi connectivity index (χ0n) is 21.4. The molecule has 3 nitrogen and oxygen atoms in total. The molecule has 9 rings (SSSR count). The van der Waals surface area contributed by atoms with Gasteiger partial charge in [-0.15, -0.1) is 11.3 Å². The van der Waals surface area contributed by atoms with Crippen molar-refractivity contribution in [2.75, 3.05) is 0 Å². The van der Waals surface area contributed by atoms with Crippen LogP contribution in [0.15, 0.2) is 127 Å². The molecule has 0 fully saturated rings. The van der Waals surface area contributed by atoms with Crippen molar-refractivity contribution in [3.8, 4) is 17.2 Å². The smallest absolute Gasteiger partial charge is 0.235 e. The Hall–Kier alpha value is -5.06. The van der Waals surface area contributed by atoms with E-state index in [2.05, 4.69) is 132 Å². The minimum absolute atomic E-state index is 0.696. The number of hydrogen-bond donors (Lipinski definition) is 0. The Labute approximate surface area is 233 Å². The Morgan fingerprint density at radius 1 is 0.525 bits per heavy atom. The van der Waals surface area contributed by atoms with Gasteiger partial charge >= 0.3 is 0 Å². The zero-order chi connectivity index (χ0) is 26.2. The van der Waals surface area contributed by atoms with Crippen molar-refractivity contribution in [1.82, 2.24) is 14.5 Å². The van der Waals surface area contributed by atoms with Gasteiger partial charge in [-0.2, -0.15) is 0 Å². The number of rotatable bonds is 2. The van der Waals surface area contributed by atoms with E-state index in [0.29, 0.717) is 5.95 Å². The summed E-state index contributed by atoms with van der Waals surface area (Å²) in [5, 5.41) is 8.41. The van der Waals surface area contributed by atoms with Crippen LogP contribution in [0.25, 0.3) is 80.9 Å². The van der Waals surface area contributed by atoms with E-state index in [1.807, 2.05) is 0 Å². The molecule has 40 heavy (non-hydrogen) atoms. The fourth-order valence-corrected chi connectivity index (χ4v) is 7.30. The first-order valence-electron chi connectivity index (χ1n) is 13.4. The fourth-order valence-electron chi connectivity index (χ4n) is 6.15. The minimum atomic E-state index is 0.696. The molecule has 3 heterocycles. The predicted molar refractivity (Wildman–Crippen MR) is 170 cm³/mol. The van der Waals surface area contributed by atoms with Gasteiger partial charge in [0.25, 0.3) is 0 Å². The number of aromatic nitrogens is 3. The summed E-state index contributed by atoms with van der Waals surface area (Å²) in [6.45, 7) is 0. The molecule has 0 N–H and O–H groups in total. The zero-order valence-corrected chi connectivity index (χ0v) is 22.2. The highest BCUT2D eigenvalue weighted by Gasteiger charge is 2.21. The summed E-state index contributed by atoms with van der Waals surface area (Å²) in [5.41, 5.74) is 5.32. The van der Waals surface area contributed by atoms with E-state index in [1.54, 1.807) is 11.3 Å². The Kier molecular flexibility index (Phi) is 4.48. The summed E-state index contributed by atoms with van der Waals surface area (Å²) in [7, 11) is 0. The topological polar surface area (TPSA) is 30.7 Å². The van der Waals surface area contributed by atoms with Gasteiger partial charge in [0.15, 0.2) is 0 Å². The van der Waals surface area contributed by atoms with Gasteiger partial charge in [0.05, 0.1) is 26.9 Å². The minimum Gasteiger partial charge on any atom is -0.277 e. The third kappa shape index (κ3) is 3.05. The van der Waals surface area contributed by atoms with Crippen molar-refractivity contribution in [1.29, 1.82) is 0 Å². The lowest BCUT2D eigenvalue weighted by molar-refractivity contribution is 1.02. The molecule has 3 aromatic heterocycles. The Morgan fingerprint density at radius 3 is 2.12 bits per heavy atom. The van der Waals surface area contributed by atoms with Crippen LogP contribution in [-0.2, 0) is 0 Å². The summed E-state index contributed by atoms with van der Waals surface area (Å²) >= 11 is 1.77. The van der Waals surface area contributed by atoms with Crippen molar-refractivity contribution in [2.24, 2.45) is 0 Å². The molecular formula is C36H21N3S. The third-order valence-electron chi connectivity index (χ3n) is 7.99. The first-order valence-corrected chi connectivity index (χ1v) is 14.2. The molecule has 0 amide bonds. The largest absolute Gasteiger partial charge is 0.277 e. The van der Waals surface area contributed by atoms with Crippen LogP contribution in [0.2, 0.25) is 0 Å². The van der Waals surface area contributed by atoms with Gasteiger partial charge in [0.1, 0.15) is 0 Å². The molecule has 0 atom stereocenters. The maximum atomic E-state index is 5.39. The van der Waals surface area contributed by atoms with Crippen molar-refractivity contribution in [3.63, 3.8) is 0 Å². The molecule has 0 bridgehead atoms. The molecule has 0 aliphatic rings. The second-order valence-corrected chi connectivity index (χ2v) is 11.3. The third-order valence-corrected chi connectivity index (χ3v) is 9.16. The summed E-state index contributed by atoms with van der Waals surface area (Å²) in [6.07, 6.45) is 0. The summed E-state index contributed by atoms with van der Waals surface area (Å²) in [5.74, 6) is 0.696. The molecule has 186 valence electrons. The van der Waals surface area contributed by atoms with Crippen LogP contribution in [-0.4, -0.2) is 14.5 Å². The van der Waals surface area contributed by atoms with Crippen LogP contribution in [0, 0.1) is 0 Å². The van der Waals surface area contributed by atoms with Crippen molar-refractivity contribution < 1.29 is 0 Å². The number of fused-ring (bicyclic) bond motifs is 9. The quantitative estimate of drug-likeness (QED) is 0.224. The molecule has 0 aliphatic heterocycles. The average Bonchev–Trinajstić information content (AvgIpc) is 3.56. The SMILES string of the molecule is c1ccc2cc(-c3nc(-n4c5ccccc5c5ccc6ccccc6c54)nc4c3sc3ccccc34)ccc2c1. The normalized spacial score (nSPS) is 12.0. The van der Waals surface area contributed by atoms with Gasteiger partial charge in [0, 0.05) is 31.8 Å². The van der Waals surface area contributed by atoms with E-state index in [1.165, 1.54) is 42.4 Å². The van der Waals surface area contributed by atoms with E-state index >= 15 is 0 Å². The number of nitrogens with zero attached hydrogens (tertiary/aromatic N) is 3. The number of hydrogen-bond acceptors (Lipinski definition) is 3. The molecule has 0 saturated heterocycles. The summed E-state index contributed by atoms with van der Waals surface area (Å²) < 4.78 is 4.60. The van der Waals surface area contributed by atoms with Gasteiger partial charge in [-0.1, -0.05) is 109 Å². The monoisotopic (exact) mass is 527 g/mol. The first kappa shape index (κ1) is 21.8. The second-order valence-electron chi connectivity index (χ2n) is 10.2. The molecule has 6 aromatic carbocycles. The highest BCUT2D eigenvalue weighted by molar-refractivity contribution is 7.26. The summed E-state index contributed by atoms with van der Waals surface area (Å²) in [6, 6.07) is 45.3. The van der Waals surface area contributed by atoms with Crippen LogP contribution in [0.4, 0.5) is 0 Å². The molecule has 0 spiro atoms. The maximum absolute atomic E-state index is 5.39. The predicted octanol–water partition coefficient (Wildman–Crippen LogP) is 9.91. The van der Waals surface area contributed by atoms with Crippen LogP contribution in [0.3, 0.4) is 0 Å². The fraction of sp³-hybridized carbons (Fsp3) is 0. The van der Waals surface area contributed by atoms with Gasteiger partial charge < -0.3 is 0 Å². The Bertz CT molecular complexity index is 2450. The van der Waals surface area contributed by atoms with E-state index in [-0.39, 0.29) is 0 Å². The Balaban J connectivity index is 1.46. The van der Waals surface area contributed by atoms with Crippen molar-refractivity contribution in [2.45, 2.75) is 0 Å². The van der Waals surface area contributed by atoms with Gasteiger partial charge in [-0.25, -0.2) is 9.97 Å². The van der Waals surface area contributed by atoms with Crippen LogP contribution in [0.5, 0.6) is 0 Å². The lowest BCUT2D eigenvalue weighted by Gasteiger charge is -2.11. The molecular weight excluding hydrogens is 506 g/mol. The molecule has 0 saturated carbocycles. The summed E-state index contributed by atoms with van der Waals surface area (Å²) in [4.78, 5) is 10.7. The van der Waals surface area contributed by atoms with E-state index in [0.717, 1.165) is 32.5 Å². The van der Waals surface area contributed by atoms with Gasteiger partial charge in [-0.05, 0) is 34.4 Å². The highest BCUT2D eigenvalue weighted by atomic mass is 32.1. The van der Waals surface area contributed by atoms with Crippen LogP contribution < -0.4 is 0 Å². The van der Waals surface area contributed by atoms with E-state index in [9.17, 15) is 0 Å². The average molecular weight is 528 g/mol. The van der Waals surface area contributed by atoms with Crippen LogP contribution >= 0.6 is 11.3 Å².